The molecule has 0 bridgehead atoms. The van der Waals surface area contributed by atoms with E-state index in [9.17, 15) is 19.6 Å². The molecule has 5 atom stereocenters. The Balaban J connectivity index is 1.78. The fraction of sp³-hybridized carbons (Fsp3) is 0.625. The van der Waals surface area contributed by atoms with Crippen molar-refractivity contribution in [3.8, 4) is 0 Å². The van der Waals surface area contributed by atoms with Crippen LogP contribution >= 0.6 is 7.60 Å². The van der Waals surface area contributed by atoms with E-state index in [0.29, 0.717) is 0 Å². The van der Waals surface area contributed by atoms with Gasteiger partial charge in [0.05, 0.1) is 26.1 Å². The molecular weight excluding hydrogens is 451 g/mol. The van der Waals surface area contributed by atoms with Crippen LogP contribution in [0.2, 0.25) is 0 Å². The fourth-order valence-corrected chi connectivity index (χ4v) is 4.92. The molecular formula is C16H25N6O9P. The minimum Gasteiger partial charge on any atom is -0.387 e. The highest BCUT2D eigenvalue weighted by Crippen LogP contribution is 2.53. The summed E-state index contributed by atoms with van der Waals surface area (Å²) in [5, 5.41) is 30.0. The lowest BCUT2D eigenvalue weighted by Crippen LogP contribution is -2.39. The number of nitrogens with one attached hydrogen (secondary N) is 1. The lowest BCUT2D eigenvalue weighted by molar-refractivity contribution is -0.141. The van der Waals surface area contributed by atoms with Crippen LogP contribution in [-0.4, -0.2) is 84.8 Å². The lowest BCUT2D eigenvalue weighted by Gasteiger charge is -2.26. The smallest absolute Gasteiger partial charge is 0.368 e. The number of nitrogens with zero attached hydrogens (tertiary/aromatic N) is 4. The average Bonchev–Trinajstić information content (AvgIpc) is 3.31. The Hall–Kier alpha value is -2.23. The molecule has 1 aliphatic rings. The molecule has 1 unspecified atom stereocenters. The summed E-state index contributed by atoms with van der Waals surface area (Å²) in [5.74, 6) is -2.89. The predicted octanol–water partition coefficient (Wildman–Crippen LogP) is -0.858. The minimum atomic E-state index is -4.14. The van der Waals surface area contributed by atoms with Crippen LogP contribution < -0.4 is 11.2 Å². The quantitative estimate of drug-likeness (QED) is 0.161. The lowest BCUT2D eigenvalue weighted by atomic mass is 10.1. The Morgan fingerprint density at radius 3 is 2.59 bits per heavy atom. The van der Waals surface area contributed by atoms with Gasteiger partial charge in [-0.25, -0.2) is 20.4 Å². The molecule has 1 amide bonds. The van der Waals surface area contributed by atoms with Crippen molar-refractivity contribution in [1.82, 2.24) is 25.0 Å². The molecule has 32 heavy (non-hydrogen) atoms. The molecule has 0 radical (unpaired) electrons. The molecule has 1 aliphatic heterocycles. The molecule has 0 aromatic carbocycles. The predicted molar refractivity (Wildman–Crippen MR) is 106 cm³/mol. The molecule has 3 heterocycles. The monoisotopic (exact) mass is 476 g/mol. The summed E-state index contributed by atoms with van der Waals surface area (Å²) in [5.41, 5.74) is 7.67. The third kappa shape index (κ3) is 4.60. The number of aromatic nitrogens is 4. The Morgan fingerprint density at radius 2 is 1.97 bits per heavy atom. The number of aliphatic hydroxyl groups excluding tert-OH is 2. The summed E-state index contributed by atoms with van der Waals surface area (Å²) in [6, 6.07) is 0. The summed E-state index contributed by atoms with van der Waals surface area (Å²) in [7, 11) is -4.14. The van der Waals surface area contributed by atoms with Crippen molar-refractivity contribution in [2.75, 3.05) is 25.6 Å². The number of carbonyl (C=O) groups is 1. The molecule has 1 fully saturated rings. The molecule has 0 spiro atoms. The summed E-state index contributed by atoms with van der Waals surface area (Å²) >= 11 is 0. The number of imidazole rings is 1. The van der Waals surface area contributed by atoms with Crippen LogP contribution in [0.4, 0.5) is 5.82 Å². The highest BCUT2D eigenvalue weighted by Gasteiger charge is 2.47. The van der Waals surface area contributed by atoms with Gasteiger partial charge < -0.3 is 34.5 Å². The number of ether oxygens (including phenoxy) is 2. The van der Waals surface area contributed by atoms with Crippen LogP contribution in [0, 0.1) is 0 Å². The van der Waals surface area contributed by atoms with E-state index in [-0.39, 0.29) is 30.2 Å². The number of hydrogen-bond acceptors (Lipinski definition) is 13. The second-order valence-corrected chi connectivity index (χ2v) is 8.73. The van der Waals surface area contributed by atoms with E-state index in [4.69, 9.17) is 29.5 Å². The number of carbonyl (C=O) groups excluding carboxylic acids is 1. The SMILES string of the molecule is CCOP(=O)(OCC)C(OC[C@H]1O[C@@H](n2cnc3c(N)ncnc32)[C@H](O)[C@@H]1O)C(=O)NO. The van der Waals surface area contributed by atoms with Crippen LogP contribution in [0.25, 0.3) is 11.2 Å². The Morgan fingerprint density at radius 1 is 1.28 bits per heavy atom. The van der Waals surface area contributed by atoms with E-state index in [1.54, 1.807) is 0 Å². The van der Waals surface area contributed by atoms with Crippen LogP contribution in [0.5, 0.6) is 0 Å². The molecule has 0 aliphatic carbocycles. The largest absolute Gasteiger partial charge is 0.387 e. The molecule has 16 heteroatoms. The number of amides is 1. The van der Waals surface area contributed by atoms with E-state index in [1.807, 2.05) is 0 Å². The van der Waals surface area contributed by atoms with Crippen molar-refractivity contribution in [3.05, 3.63) is 12.7 Å². The number of hydroxylamine groups is 1. The number of hydrogen-bond donors (Lipinski definition) is 5. The number of aliphatic hydroxyl groups is 2. The second kappa shape index (κ2) is 10.1. The zero-order valence-electron chi connectivity index (χ0n) is 17.3. The van der Waals surface area contributed by atoms with Crippen molar-refractivity contribution in [1.29, 1.82) is 0 Å². The van der Waals surface area contributed by atoms with E-state index in [1.165, 1.54) is 36.5 Å². The Labute approximate surface area is 182 Å². The van der Waals surface area contributed by atoms with E-state index in [0.717, 1.165) is 0 Å². The molecule has 3 rings (SSSR count). The summed E-state index contributed by atoms with van der Waals surface area (Å²) in [4.78, 5) is 24.1. The highest BCUT2D eigenvalue weighted by molar-refractivity contribution is 7.55. The second-order valence-electron chi connectivity index (χ2n) is 6.67. The van der Waals surface area contributed by atoms with E-state index >= 15 is 0 Å². The van der Waals surface area contributed by atoms with Gasteiger partial charge in [0.25, 0.3) is 5.91 Å². The maximum atomic E-state index is 13.0. The standard InChI is InChI=1S/C16H25N6O9P/c1-3-29-32(27,30-4-2)16(14(25)21-26)28-5-8-10(23)11(24)15(31-8)22-7-20-9-12(17)18-6-19-13(9)22/h6-8,10-11,15-16,23-24,26H,3-5H2,1-2H3,(H,21,25)(H2,17,18,19)/t8-,10-,11-,15-,16?/m1/s1. The van der Waals surface area contributed by atoms with Gasteiger partial charge in [-0.3, -0.25) is 19.1 Å². The first-order valence-electron chi connectivity index (χ1n) is 9.66. The summed E-state index contributed by atoms with van der Waals surface area (Å²) in [6.45, 7) is 2.46. The van der Waals surface area contributed by atoms with Gasteiger partial charge in [-0.05, 0) is 13.8 Å². The first kappa shape index (κ1) is 24.4. The van der Waals surface area contributed by atoms with E-state index in [2.05, 4.69) is 15.0 Å². The Bertz CT molecular complexity index is 980. The Kier molecular flexibility index (Phi) is 7.74. The summed E-state index contributed by atoms with van der Waals surface area (Å²) < 4.78 is 35.6. The molecule has 15 nitrogen and oxygen atoms in total. The first-order valence-corrected chi connectivity index (χ1v) is 11.3. The van der Waals surface area contributed by atoms with Crippen molar-refractivity contribution >= 4 is 30.5 Å². The third-order valence-electron chi connectivity index (χ3n) is 4.66. The van der Waals surface area contributed by atoms with Crippen LogP contribution in [0.1, 0.15) is 20.1 Å². The van der Waals surface area contributed by atoms with Gasteiger partial charge in [-0.1, -0.05) is 0 Å². The van der Waals surface area contributed by atoms with Gasteiger partial charge >= 0.3 is 7.60 Å². The maximum absolute atomic E-state index is 13.0. The van der Waals surface area contributed by atoms with Gasteiger partial charge in [0.2, 0.25) is 5.85 Å². The summed E-state index contributed by atoms with van der Waals surface area (Å²) in [6.07, 6.45) is -2.61. The number of nitrogen functional groups attached to an aromatic ring is 1. The third-order valence-corrected chi connectivity index (χ3v) is 6.85. The van der Waals surface area contributed by atoms with Crippen LogP contribution in [0.15, 0.2) is 12.7 Å². The molecule has 2 aromatic heterocycles. The normalized spacial score (nSPS) is 24.7. The van der Waals surface area contributed by atoms with Crippen LogP contribution in [0.3, 0.4) is 0 Å². The van der Waals surface area contributed by atoms with Gasteiger partial charge in [-0.2, -0.15) is 0 Å². The minimum absolute atomic E-state index is 0.0577. The molecule has 2 aromatic rings. The number of nitrogens with two attached hydrogens (primary N) is 1. The van der Waals surface area contributed by atoms with Crippen molar-refractivity contribution in [3.63, 3.8) is 0 Å². The number of rotatable bonds is 10. The molecule has 0 saturated carbocycles. The van der Waals surface area contributed by atoms with Gasteiger partial charge in [0, 0.05) is 0 Å². The van der Waals surface area contributed by atoms with E-state index < -0.39 is 50.5 Å². The highest BCUT2D eigenvalue weighted by atomic mass is 31.2. The topological polar surface area (TPSA) is 213 Å². The molecule has 178 valence electrons. The molecule has 6 N–H and O–H groups in total. The number of anilines is 1. The fourth-order valence-electron chi connectivity index (χ4n) is 3.24. The van der Waals surface area contributed by atoms with Gasteiger partial charge in [0.15, 0.2) is 17.7 Å². The van der Waals surface area contributed by atoms with Crippen molar-refractivity contribution in [2.24, 2.45) is 0 Å². The van der Waals surface area contributed by atoms with Gasteiger partial charge in [-0.15, -0.1) is 0 Å². The van der Waals surface area contributed by atoms with Crippen LogP contribution in [-0.2, 0) is 27.9 Å². The number of fused-ring (bicyclic) bond motifs is 1. The maximum Gasteiger partial charge on any atom is 0.368 e. The zero-order chi connectivity index (χ0) is 23.5. The zero-order valence-corrected chi connectivity index (χ0v) is 18.2. The van der Waals surface area contributed by atoms with Crippen molar-refractivity contribution < 1.29 is 43.3 Å². The van der Waals surface area contributed by atoms with Crippen molar-refractivity contribution in [2.45, 2.75) is 44.2 Å². The van der Waals surface area contributed by atoms with Gasteiger partial charge in [0.1, 0.15) is 30.2 Å². The first-order chi connectivity index (χ1) is 15.3. The average molecular weight is 476 g/mol. The molecule has 1 saturated heterocycles.